The molecule has 2 aliphatic carbocycles. The molecule has 246 valence electrons. The first-order valence-electron chi connectivity index (χ1n) is 17.8. The predicted molar refractivity (Wildman–Crippen MR) is 206 cm³/mol. The van der Waals surface area contributed by atoms with Crippen LogP contribution in [0.5, 0.6) is 0 Å². The van der Waals surface area contributed by atoms with Crippen LogP contribution in [-0.2, 0) is 0 Å². The minimum Gasteiger partial charge on any atom is -0.358 e. The summed E-state index contributed by atoms with van der Waals surface area (Å²) in [6.45, 7) is 22.4. The summed E-state index contributed by atoms with van der Waals surface area (Å²) in [6, 6.07) is 11.4. The van der Waals surface area contributed by atoms with Gasteiger partial charge < -0.3 is 11.1 Å². The molecule has 2 aromatic carbocycles. The largest absolute Gasteiger partial charge is 0.358 e. The number of rotatable bonds is 7. The number of allylic oxidation sites excluding steroid dienone is 12. The van der Waals surface area contributed by atoms with Gasteiger partial charge in [0.05, 0.1) is 0 Å². The number of unbranched alkanes of at least 4 members (excludes halogenated alkanes) is 1. The first kappa shape index (κ1) is 36.8. The Morgan fingerprint density at radius 1 is 0.957 bits per heavy atom. The van der Waals surface area contributed by atoms with E-state index in [-0.39, 0.29) is 5.41 Å². The van der Waals surface area contributed by atoms with Gasteiger partial charge in [0.15, 0.2) is 0 Å². The van der Waals surface area contributed by atoms with E-state index in [4.69, 9.17) is 5.73 Å². The molecular weight excluding hydrogens is 556 g/mol. The fourth-order valence-electron chi connectivity index (χ4n) is 6.88. The Balaban J connectivity index is 0.000000891. The Labute approximate surface area is 281 Å². The molecule has 0 spiro atoms. The molecule has 2 aromatic rings. The molecule has 2 heteroatoms. The quantitative estimate of drug-likeness (QED) is 0.304. The Morgan fingerprint density at radius 2 is 1.63 bits per heavy atom. The highest BCUT2D eigenvalue weighted by Gasteiger charge is 2.40. The summed E-state index contributed by atoms with van der Waals surface area (Å²) >= 11 is 0. The van der Waals surface area contributed by atoms with Crippen molar-refractivity contribution in [2.45, 2.75) is 101 Å². The summed E-state index contributed by atoms with van der Waals surface area (Å²) in [5, 5.41) is 4.03. The molecule has 3 aliphatic rings. The maximum absolute atomic E-state index is 6.23. The zero-order chi connectivity index (χ0) is 33.9. The minimum atomic E-state index is 0.0282. The van der Waals surface area contributed by atoms with Gasteiger partial charge in [0, 0.05) is 35.0 Å². The average Bonchev–Trinajstić information content (AvgIpc) is 3.35. The van der Waals surface area contributed by atoms with E-state index in [9.17, 15) is 0 Å². The number of fused-ring (bicyclic) bond motifs is 2. The summed E-state index contributed by atoms with van der Waals surface area (Å²) < 4.78 is 0. The van der Waals surface area contributed by atoms with Crippen molar-refractivity contribution in [2.24, 2.45) is 17.1 Å². The van der Waals surface area contributed by atoms with Gasteiger partial charge in [-0.3, -0.25) is 0 Å². The summed E-state index contributed by atoms with van der Waals surface area (Å²) in [6.07, 6.45) is 26.1. The third-order valence-corrected chi connectivity index (χ3v) is 9.51. The van der Waals surface area contributed by atoms with Crippen LogP contribution in [-0.4, -0.2) is 6.54 Å². The van der Waals surface area contributed by atoms with Crippen LogP contribution < -0.4 is 11.1 Å². The summed E-state index contributed by atoms with van der Waals surface area (Å²) in [5.74, 6) is 0.329. The lowest BCUT2D eigenvalue weighted by atomic mass is 9.65. The van der Waals surface area contributed by atoms with Crippen molar-refractivity contribution in [3.63, 3.8) is 0 Å². The topological polar surface area (TPSA) is 38.0 Å². The third kappa shape index (κ3) is 7.84. The number of hydrogen-bond acceptors (Lipinski definition) is 2. The van der Waals surface area contributed by atoms with Crippen molar-refractivity contribution in [3.05, 3.63) is 130 Å². The standard InChI is InChI=1S/C38H44N2.C4H10.C2H6/c1-7-21-38(6,8-2)32-19-18-29(34-26(4)14-13-15-27(34)5)36-31-24-25(3)23-30(28-16-11-9-10-12-17-28)35(31)33(20-22-39)40-37(32)36;1-3-4-2;1-2/h7,9,11-18,20-21,23-24,32,40H,8,10,19,22,39H2,1-6H3;3-4H2,1-2H3;1-2H3/b21-7?,33-20-;;. The van der Waals surface area contributed by atoms with E-state index in [2.05, 4.69) is 146 Å². The van der Waals surface area contributed by atoms with Gasteiger partial charge in [-0.1, -0.05) is 133 Å². The summed E-state index contributed by atoms with van der Waals surface area (Å²) in [7, 11) is 0. The molecule has 2 nitrogen and oxygen atoms in total. The molecule has 0 saturated heterocycles. The van der Waals surface area contributed by atoms with E-state index in [0.29, 0.717) is 12.5 Å². The predicted octanol–water partition coefficient (Wildman–Crippen LogP) is 12.1. The number of nitrogens with two attached hydrogens (primary N) is 1. The highest BCUT2D eigenvalue weighted by atomic mass is 14.9. The highest BCUT2D eigenvalue weighted by molar-refractivity contribution is 6.12. The van der Waals surface area contributed by atoms with Crippen LogP contribution in [0.25, 0.3) is 22.4 Å². The molecule has 0 bridgehead atoms. The molecule has 46 heavy (non-hydrogen) atoms. The van der Waals surface area contributed by atoms with Crippen molar-refractivity contribution in [3.8, 4) is 0 Å². The van der Waals surface area contributed by atoms with Gasteiger partial charge in [0.2, 0.25) is 0 Å². The second kappa shape index (κ2) is 17.3. The average molecular weight is 617 g/mol. The monoisotopic (exact) mass is 616 g/mol. The maximum Gasteiger partial charge on any atom is 0.0440 e. The van der Waals surface area contributed by atoms with Gasteiger partial charge in [0.1, 0.15) is 0 Å². The van der Waals surface area contributed by atoms with E-state index < -0.39 is 0 Å². The molecule has 0 aromatic heterocycles. The maximum atomic E-state index is 6.23. The van der Waals surface area contributed by atoms with Crippen LogP contribution in [0.1, 0.15) is 120 Å². The smallest absolute Gasteiger partial charge is 0.0440 e. The molecule has 0 saturated carbocycles. The zero-order valence-corrected chi connectivity index (χ0v) is 30.5. The molecule has 0 radical (unpaired) electrons. The Kier molecular flexibility index (Phi) is 13.9. The van der Waals surface area contributed by atoms with Crippen molar-refractivity contribution in [1.29, 1.82) is 0 Å². The van der Waals surface area contributed by atoms with Gasteiger partial charge in [-0.25, -0.2) is 0 Å². The van der Waals surface area contributed by atoms with Gasteiger partial charge in [-0.2, -0.15) is 0 Å². The highest BCUT2D eigenvalue weighted by Crippen LogP contribution is 2.53. The van der Waals surface area contributed by atoms with Crippen molar-refractivity contribution < 1.29 is 0 Å². The van der Waals surface area contributed by atoms with Gasteiger partial charge in [0.25, 0.3) is 0 Å². The van der Waals surface area contributed by atoms with Crippen molar-refractivity contribution in [1.82, 2.24) is 5.32 Å². The van der Waals surface area contributed by atoms with E-state index in [1.54, 1.807) is 0 Å². The Bertz CT molecular complexity index is 1550. The molecule has 2 atom stereocenters. The second-order valence-corrected chi connectivity index (χ2v) is 12.7. The fourth-order valence-corrected chi connectivity index (χ4v) is 6.88. The van der Waals surface area contributed by atoms with Crippen LogP contribution in [0.15, 0.2) is 90.7 Å². The van der Waals surface area contributed by atoms with Crippen LogP contribution in [0.3, 0.4) is 0 Å². The van der Waals surface area contributed by atoms with Gasteiger partial charge >= 0.3 is 0 Å². The number of nitrogens with one attached hydrogen (secondary N) is 1. The molecule has 2 unspecified atom stereocenters. The van der Waals surface area contributed by atoms with Crippen molar-refractivity contribution in [2.75, 3.05) is 6.54 Å². The lowest BCUT2D eigenvalue weighted by Crippen LogP contribution is -2.36. The van der Waals surface area contributed by atoms with Crippen molar-refractivity contribution >= 4 is 22.4 Å². The Hall–Kier alpha value is -3.62. The van der Waals surface area contributed by atoms with Crippen LogP contribution >= 0.6 is 0 Å². The van der Waals surface area contributed by atoms with Gasteiger partial charge in [-0.15, -0.1) is 0 Å². The number of hydrogen-bond donors (Lipinski definition) is 2. The molecule has 1 heterocycles. The number of benzene rings is 2. The zero-order valence-electron chi connectivity index (χ0n) is 30.5. The van der Waals surface area contributed by atoms with Crippen LogP contribution in [0, 0.1) is 32.1 Å². The lowest BCUT2D eigenvalue weighted by Gasteiger charge is -2.43. The lowest BCUT2D eigenvalue weighted by molar-refractivity contribution is 0.277. The molecule has 0 fully saturated rings. The molecule has 0 amide bonds. The third-order valence-electron chi connectivity index (χ3n) is 9.51. The summed E-state index contributed by atoms with van der Waals surface area (Å²) in [5.41, 5.74) is 21.7. The van der Waals surface area contributed by atoms with Crippen LogP contribution in [0.4, 0.5) is 0 Å². The van der Waals surface area contributed by atoms with E-state index >= 15 is 0 Å². The molecular formula is C44H60N2. The molecule has 1 aliphatic heterocycles. The van der Waals surface area contributed by atoms with Crippen LogP contribution in [0.2, 0.25) is 0 Å². The second-order valence-electron chi connectivity index (χ2n) is 12.7. The SMILES string of the molecule is CC.CC=CC(C)(CC)C1CC=C(c2c(C)cccc2C)C2=C1N/C(=C\CN)c1c(C3=CC=CCC=C3)cc(C)cc12.CCCC. The first-order chi connectivity index (χ1) is 22.2. The van der Waals surface area contributed by atoms with Gasteiger partial charge in [-0.05, 0) is 103 Å². The first-order valence-corrected chi connectivity index (χ1v) is 17.8. The Morgan fingerprint density at radius 3 is 2.24 bits per heavy atom. The summed E-state index contributed by atoms with van der Waals surface area (Å²) in [4.78, 5) is 0. The van der Waals surface area contributed by atoms with E-state index in [1.165, 1.54) is 74.2 Å². The molecule has 3 N–H and O–H groups in total. The normalized spacial score (nSPS) is 19.0. The van der Waals surface area contributed by atoms with E-state index in [0.717, 1.165) is 25.0 Å². The fraction of sp³-hybridized carbons (Fsp3) is 0.409. The molecule has 5 rings (SSSR count). The van der Waals surface area contributed by atoms with E-state index in [1.807, 2.05) is 13.8 Å². The minimum absolute atomic E-state index is 0.0282. The number of aryl methyl sites for hydroxylation is 3.